The summed E-state index contributed by atoms with van der Waals surface area (Å²) in [4.78, 5) is 15.1. The lowest BCUT2D eigenvalue weighted by Gasteiger charge is -1.98. The molecule has 1 aromatic carbocycles. The van der Waals surface area contributed by atoms with E-state index in [1.165, 1.54) is 22.7 Å². The number of azo groups is 1. The number of carbonyl (C=O) groups is 1. The van der Waals surface area contributed by atoms with Gasteiger partial charge < -0.3 is 5.11 Å². The number of nitrogens with zero attached hydrogens (tertiary/aromatic N) is 4. The summed E-state index contributed by atoms with van der Waals surface area (Å²) in [5.41, 5.74) is 1.13. The Labute approximate surface area is 134 Å². The van der Waals surface area contributed by atoms with Gasteiger partial charge in [0.25, 0.3) is 0 Å². The molecule has 0 radical (unpaired) electrons. The molecule has 6 nitrogen and oxygen atoms in total. The van der Waals surface area contributed by atoms with Gasteiger partial charge in [0.05, 0.1) is 17.8 Å². The molecule has 0 fully saturated rings. The molecule has 0 saturated heterocycles. The molecular formula is C15H10ClFN4O2. The second kappa shape index (κ2) is 6.13. The second-order valence-electron chi connectivity index (χ2n) is 4.70. The first-order chi connectivity index (χ1) is 11.0. The van der Waals surface area contributed by atoms with E-state index in [2.05, 4.69) is 15.2 Å². The zero-order valence-corrected chi connectivity index (χ0v) is 12.4. The summed E-state index contributed by atoms with van der Waals surface area (Å²) in [5, 5.41) is 17.6. The van der Waals surface area contributed by atoms with Crippen LogP contribution in [-0.4, -0.2) is 20.5 Å². The minimum atomic E-state index is -1.06. The Hall–Kier alpha value is -2.80. The zero-order valence-electron chi connectivity index (χ0n) is 11.6. The van der Waals surface area contributed by atoms with Crippen molar-refractivity contribution in [1.82, 2.24) is 9.38 Å². The molecule has 1 N–H and O–H groups in total. The Morgan fingerprint density at radius 1 is 1.22 bits per heavy atom. The maximum Gasteiger partial charge on any atom is 0.309 e. The lowest BCUT2D eigenvalue weighted by Crippen LogP contribution is -2.00. The number of halogens is 2. The minimum Gasteiger partial charge on any atom is -0.481 e. The molecule has 0 bridgehead atoms. The Kier molecular flexibility index (Phi) is 4.03. The average Bonchev–Trinajstić information content (AvgIpc) is 2.82. The van der Waals surface area contributed by atoms with E-state index in [-0.39, 0.29) is 17.9 Å². The average molecular weight is 333 g/mol. The molecule has 0 atom stereocenters. The van der Waals surface area contributed by atoms with Gasteiger partial charge in [-0.25, -0.2) is 9.37 Å². The standard InChI is InChI=1S/C15H10ClFN4O2/c16-9-1-4-11(5-2-9)19-20-15-12(7-14(22)23)18-13-6-3-10(17)8-21(13)15/h1-6,8H,7H2,(H,22,23). The van der Waals surface area contributed by atoms with Crippen LogP contribution < -0.4 is 0 Å². The van der Waals surface area contributed by atoms with Crippen LogP contribution in [0.2, 0.25) is 5.02 Å². The molecule has 0 saturated carbocycles. The van der Waals surface area contributed by atoms with E-state index in [9.17, 15) is 9.18 Å². The van der Waals surface area contributed by atoms with Gasteiger partial charge in [-0.15, -0.1) is 10.2 Å². The number of imidazole rings is 1. The number of aromatic nitrogens is 2. The van der Waals surface area contributed by atoms with Gasteiger partial charge in [0, 0.05) is 11.2 Å². The van der Waals surface area contributed by atoms with Gasteiger partial charge in [-0.1, -0.05) is 11.6 Å². The fraction of sp³-hybridized carbons (Fsp3) is 0.0667. The molecule has 0 aliphatic rings. The van der Waals surface area contributed by atoms with E-state index in [0.717, 1.165) is 0 Å². The van der Waals surface area contributed by atoms with Crippen LogP contribution >= 0.6 is 11.6 Å². The molecule has 0 spiro atoms. The second-order valence-corrected chi connectivity index (χ2v) is 5.14. The van der Waals surface area contributed by atoms with Crippen molar-refractivity contribution in [3.05, 3.63) is 59.1 Å². The molecular weight excluding hydrogens is 323 g/mol. The minimum absolute atomic E-state index is 0.178. The molecule has 2 aromatic heterocycles. The van der Waals surface area contributed by atoms with Crippen LogP contribution in [0.25, 0.3) is 5.65 Å². The highest BCUT2D eigenvalue weighted by Crippen LogP contribution is 2.25. The normalized spacial score (nSPS) is 11.4. The van der Waals surface area contributed by atoms with E-state index in [0.29, 0.717) is 16.4 Å². The Balaban J connectivity index is 2.07. The van der Waals surface area contributed by atoms with Crippen LogP contribution in [0, 0.1) is 5.82 Å². The highest BCUT2D eigenvalue weighted by atomic mass is 35.5. The van der Waals surface area contributed by atoms with Crippen molar-refractivity contribution in [3.63, 3.8) is 0 Å². The lowest BCUT2D eigenvalue weighted by atomic mass is 10.3. The predicted octanol–water partition coefficient (Wildman–Crippen LogP) is 4.17. The number of aliphatic carboxylic acids is 1. The molecule has 3 rings (SSSR count). The Morgan fingerprint density at radius 2 is 1.96 bits per heavy atom. The summed E-state index contributed by atoms with van der Waals surface area (Å²) < 4.78 is 14.8. The number of fused-ring (bicyclic) bond motifs is 1. The van der Waals surface area contributed by atoms with Crippen molar-refractivity contribution in [2.45, 2.75) is 6.42 Å². The van der Waals surface area contributed by atoms with Gasteiger partial charge >= 0.3 is 5.97 Å². The van der Waals surface area contributed by atoms with Gasteiger partial charge in [0.1, 0.15) is 11.5 Å². The van der Waals surface area contributed by atoms with Gasteiger partial charge in [0.15, 0.2) is 5.82 Å². The van der Waals surface area contributed by atoms with E-state index in [1.807, 2.05) is 0 Å². The van der Waals surface area contributed by atoms with E-state index in [4.69, 9.17) is 16.7 Å². The number of benzene rings is 1. The number of carboxylic acid groups (broad SMARTS) is 1. The number of hydrogen-bond acceptors (Lipinski definition) is 4. The molecule has 0 amide bonds. The highest BCUT2D eigenvalue weighted by molar-refractivity contribution is 6.30. The summed E-state index contributed by atoms with van der Waals surface area (Å²) >= 11 is 5.80. The Morgan fingerprint density at radius 3 is 2.65 bits per heavy atom. The lowest BCUT2D eigenvalue weighted by molar-refractivity contribution is -0.136. The fourth-order valence-corrected chi connectivity index (χ4v) is 2.16. The first-order valence-corrected chi connectivity index (χ1v) is 6.96. The summed E-state index contributed by atoms with van der Waals surface area (Å²) in [6.45, 7) is 0. The monoisotopic (exact) mass is 332 g/mol. The van der Waals surface area contributed by atoms with Crippen molar-refractivity contribution in [3.8, 4) is 0 Å². The van der Waals surface area contributed by atoms with Gasteiger partial charge in [-0.2, -0.15) is 0 Å². The third-order valence-electron chi connectivity index (χ3n) is 3.03. The van der Waals surface area contributed by atoms with Crippen LogP contribution in [0.5, 0.6) is 0 Å². The fourth-order valence-electron chi connectivity index (χ4n) is 2.04. The Bertz CT molecular complexity index is 906. The summed E-state index contributed by atoms with van der Waals surface area (Å²) in [5.74, 6) is -1.37. The third-order valence-corrected chi connectivity index (χ3v) is 3.28. The van der Waals surface area contributed by atoms with E-state index < -0.39 is 11.8 Å². The van der Waals surface area contributed by atoms with Crippen LogP contribution in [0.3, 0.4) is 0 Å². The van der Waals surface area contributed by atoms with Gasteiger partial charge in [0.2, 0.25) is 0 Å². The zero-order chi connectivity index (χ0) is 16.4. The van der Waals surface area contributed by atoms with E-state index >= 15 is 0 Å². The van der Waals surface area contributed by atoms with Crippen molar-refractivity contribution >= 4 is 34.7 Å². The maximum absolute atomic E-state index is 13.4. The van der Waals surface area contributed by atoms with Crippen molar-refractivity contribution in [1.29, 1.82) is 0 Å². The molecule has 3 aromatic rings. The van der Waals surface area contributed by atoms with Crippen molar-refractivity contribution in [2.24, 2.45) is 10.2 Å². The van der Waals surface area contributed by atoms with Crippen LogP contribution in [-0.2, 0) is 11.2 Å². The predicted molar refractivity (Wildman–Crippen MR) is 82.1 cm³/mol. The van der Waals surface area contributed by atoms with Crippen LogP contribution in [0.1, 0.15) is 5.69 Å². The molecule has 0 unspecified atom stereocenters. The quantitative estimate of drug-likeness (QED) is 0.728. The number of carboxylic acids is 1. The maximum atomic E-state index is 13.4. The summed E-state index contributed by atoms with van der Waals surface area (Å²) in [7, 11) is 0. The van der Waals surface area contributed by atoms with Crippen molar-refractivity contribution < 1.29 is 14.3 Å². The third kappa shape index (κ3) is 3.35. The first-order valence-electron chi connectivity index (χ1n) is 6.58. The molecule has 0 aliphatic carbocycles. The van der Waals surface area contributed by atoms with Gasteiger partial charge in [-0.3, -0.25) is 9.20 Å². The number of pyridine rings is 1. The smallest absolute Gasteiger partial charge is 0.309 e. The van der Waals surface area contributed by atoms with Crippen molar-refractivity contribution in [2.75, 3.05) is 0 Å². The molecule has 2 heterocycles. The summed E-state index contributed by atoms with van der Waals surface area (Å²) in [6, 6.07) is 9.32. The van der Waals surface area contributed by atoms with Gasteiger partial charge in [-0.05, 0) is 36.4 Å². The molecule has 0 aliphatic heterocycles. The molecule has 8 heteroatoms. The highest BCUT2D eigenvalue weighted by Gasteiger charge is 2.15. The number of rotatable bonds is 4. The largest absolute Gasteiger partial charge is 0.481 e. The SMILES string of the molecule is O=C(O)Cc1nc2ccc(F)cn2c1N=Nc1ccc(Cl)cc1. The van der Waals surface area contributed by atoms with Crippen LogP contribution in [0.15, 0.2) is 52.8 Å². The topological polar surface area (TPSA) is 79.3 Å². The first kappa shape index (κ1) is 15.1. The molecule has 23 heavy (non-hydrogen) atoms. The molecule has 116 valence electrons. The number of hydrogen-bond donors (Lipinski definition) is 1. The van der Waals surface area contributed by atoms with Crippen LogP contribution in [0.4, 0.5) is 15.9 Å². The van der Waals surface area contributed by atoms with E-state index in [1.54, 1.807) is 24.3 Å². The summed E-state index contributed by atoms with van der Waals surface area (Å²) in [6.07, 6.45) is 0.849.